The maximum atomic E-state index is 7.61. The van der Waals surface area contributed by atoms with E-state index in [1.54, 1.807) is 0 Å². The minimum absolute atomic E-state index is 1.09. The third kappa shape index (κ3) is 22.7. The molecule has 0 rings (SSSR count). The summed E-state index contributed by atoms with van der Waals surface area (Å²) in [7, 11) is 3.85. The van der Waals surface area contributed by atoms with Crippen LogP contribution in [0.4, 0.5) is 0 Å². The topological polar surface area (TPSA) is 27.7 Å². The molecule has 0 N–H and O–H groups in total. The first-order valence-corrected chi connectivity index (χ1v) is 30.6. The molecule has 0 aromatic heterocycles. The Morgan fingerprint density at radius 1 is 0.333 bits per heavy atom. The predicted molar refractivity (Wildman–Crippen MR) is 179 cm³/mol. The van der Waals surface area contributed by atoms with Crippen LogP contribution in [-0.4, -0.2) is 52.6 Å². The van der Waals surface area contributed by atoms with Crippen molar-refractivity contribution in [2.45, 2.75) is 200 Å². The van der Waals surface area contributed by atoms with Gasteiger partial charge in [0.25, 0.3) is 0 Å². The summed E-state index contributed by atoms with van der Waals surface area (Å²) in [5.41, 5.74) is 0. The van der Waals surface area contributed by atoms with Crippen LogP contribution >= 0.6 is 0 Å². The normalized spacial score (nSPS) is 12.5. The van der Waals surface area contributed by atoms with Crippen molar-refractivity contribution in [3.05, 3.63) is 0 Å². The van der Waals surface area contributed by atoms with Gasteiger partial charge in [0.15, 0.2) is 0 Å². The van der Waals surface area contributed by atoms with Gasteiger partial charge in [-0.15, -0.1) is 0 Å². The fourth-order valence-corrected chi connectivity index (χ4v) is 46.6. The van der Waals surface area contributed by atoms with E-state index in [0.717, 1.165) is 4.44 Å². The molecule has 0 aliphatic heterocycles. The van der Waals surface area contributed by atoms with Crippen molar-refractivity contribution in [2.24, 2.45) is 0 Å². The Bertz CT molecular complexity index is 444. The summed E-state index contributed by atoms with van der Waals surface area (Å²) in [6, 6.07) is 0. The van der Waals surface area contributed by atoms with Gasteiger partial charge in [0.05, 0.1) is 0 Å². The SMILES string of the molecule is CCCCCCC[CH2][Sn]([CH2]CCCCCCC)([CH2]CCCCCCC)[O][Sn]([CH2]CCCCCCC)([O]C)[O]C. The standard InChI is InChI=1S/4C8H17.2CH3O.O.2Sn/c4*1-3-5-7-8-6-4-2;2*1-2;;;/h4*1,3-8H2,2H3;2*1H3;;;/q;;;;2*-1;;;+2. The number of unbranched alkanes of at least 4 members (excludes halogenated alkanes) is 20. The quantitative estimate of drug-likeness (QED) is 0.0504. The van der Waals surface area contributed by atoms with Crippen LogP contribution in [0, 0.1) is 0 Å². The van der Waals surface area contributed by atoms with Gasteiger partial charge in [-0.1, -0.05) is 0 Å². The fourth-order valence-electron chi connectivity index (χ4n) is 6.08. The van der Waals surface area contributed by atoms with Crippen LogP contribution in [0.5, 0.6) is 0 Å². The van der Waals surface area contributed by atoms with Crippen molar-refractivity contribution in [2.75, 3.05) is 14.2 Å². The van der Waals surface area contributed by atoms with E-state index in [1.807, 2.05) is 14.2 Å². The third-order valence-corrected chi connectivity index (χ3v) is 42.3. The van der Waals surface area contributed by atoms with E-state index in [9.17, 15) is 0 Å². The number of hydrogen-bond acceptors (Lipinski definition) is 3. The molecule has 3 nitrogen and oxygen atoms in total. The molecular weight excluding hydrogens is 694 g/mol. The first-order chi connectivity index (χ1) is 19.1. The van der Waals surface area contributed by atoms with E-state index in [4.69, 9.17) is 7.56 Å². The van der Waals surface area contributed by atoms with Crippen molar-refractivity contribution >= 4 is 38.4 Å². The fraction of sp³-hybridized carbons (Fsp3) is 1.00. The van der Waals surface area contributed by atoms with Crippen molar-refractivity contribution in [1.29, 1.82) is 0 Å². The van der Waals surface area contributed by atoms with E-state index in [2.05, 4.69) is 27.7 Å². The van der Waals surface area contributed by atoms with Gasteiger partial charge in [-0.05, 0) is 0 Å². The molecule has 236 valence electrons. The van der Waals surface area contributed by atoms with Crippen LogP contribution in [0.15, 0.2) is 0 Å². The van der Waals surface area contributed by atoms with Gasteiger partial charge in [-0.25, -0.2) is 0 Å². The molecule has 0 aliphatic carbocycles. The molecule has 39 heavy (non-hydrogen) atoms. The van der Waals surface area contributed by atoms with E-state index in [0.29, 0.717) is 0 Å². The summed E-state index contributed by atoms with van der Waals surface area (Å²) in [4.78, 5) is 0. The van der Waals surface area contributed by atoms with E-state index in [1.165, 1.54) is 167 Å². The molecule has 0 saturated heterocycles. The number of rotatable bonds is 32. The van der Waals surface area contributed by atoms with Crippen LogP contribution in [-0.2, 0) is 7.56 Å². The van der Waals surface area contributed by atoms with Gasteiger partial charge in [-0.3, -0.25) is 0 Å². The molecule has 0 atom stereocenters. The second-order valence-electron chi connectivity index (χ2n) is 12.4. The summed E-state index contributed by atoms with van der Waals surface area (Å²) in [6.07, 6.45) is 32.9. The monoisotopic (exact) mass is 770 g/mol. The molecule has 0 unspecified atom stereocenters. The Hall–Kier alpha value is 1.48. The summed E-state index contributed by atoms with van der Waals surface area (Å²) in [5, 5.41) is 0. The zero-order chi connectivity index (χ0) is 28.9. The molecule has 0 saturated carbocycles. The Balaban J connectivity index is 5.47. The zero-order valence-electron chi connectivity index (χ0n) is 28.0. The Morgan fingerprint density at radius 3 is 0.872 bits per heavy atom. The first-order valence-electron chi connectivity index (χ1n) is 17.9. The molecule has 0 fully saturated rings. The second kappa shape index (κ2) is 29.5. The summed E-state index contributed by atoms with van der Waals surface area (Å²) >= 11 is -6.39. The molecule has 5 heteroatoms. The predicted octanol–water partition coefficient (Wildman–Crippen LogP) is 12.6. The average molecular weight is 768 g/mol. The molecule has 0 amide bonds. The molecule has 0 aromatic carbocycles. The molecule has 0 heterocycles. The van der Waals surface area contributed by atoms with Gasteiger partial charge in [0.2, 0.25) is 0 Å². The van der Waals surface area contributed by atoms with Gasteiger partial charge < -0.3 is 0 Å². The molecule has 0 aromatic rings. The van der Waals surface area contributed by atoms with Gasteiger partial charge in [-0.2, -0.15) is 0 Å². The summed E-state index contributed by atoms with van der Waals surface area (Å²) in [6.45, 7) is 9.27. The zero-order valence-corrected chi connectivity index (χ0v) is 33.7. The minimum atomic E-state index is -3.51. The summed E-state index contributed by atoms with van der Waals surface area (Å²) in [5.74, 6) is 0. The molecule has 0 radical (unpaired) electrons. The first kappa shape index (κ1) is 40.5. The van der Waals surface area contributed by atoms with Crippen LogP contribution < -0.4 is 0 Å². The van der Waals surface area contributed by atoms with Crippen molar-refractivity contribution in [3.8, 4) is 0 Å². The van der Waals surface area contributed by atoms with Gasteiger partial charge in [0.1, 0.15) is 0 Å². The number of hydrogen-bond donors (Lipinski definition) is 0. The summed E-state index contributed by atoms with van der Waals surface area (Å²) < 4.78 is 25.7. The third-order valence-electron chi connectivity index (χ3n) is 8.79. The van der Waals surface area contributed by atoms with Crippen molar-refractivity contribution in [3.63, 3.8) is 0 Å². The molecule has 0 bridgehead atoms. The molecule has 0 aliphatic rings. The van der Waals surface area contributed by atoms with Crippen LogP contribution in [0.3, 0.4) is 0 Å². The van der Waals surface area contributed by atoms with E-state index < -0.39 is 38.4 Å². The van der Waals surface area contributed by atoms with E-state index >= 15 is 0 Å². The Labute approximate surface area is 258 Å². The second-order valence-corrected chi connectivity index (χ2v) is 35.6. The van der Waals surface area contributed by atoms with Gasteiger partial charge >= 0.3 is 260 Å². The van der Waals surface area contributed by atoms with Crippen LogP contribution in [0.25, 0.3) is 0 Å². The average Bonchev–Trinajstić information content (AvgIpc) is 2.95. The van der Waals surface area contributed by atoms with Crippen molar-refractivity contribution < 1.29 is 7.56 Å². The molecular formula is C34H74O3Sn2. The van der Waals surface area contributed by atoms with E-state index in [-0.39, 0.29) is 0 Å². The van der Waals surface area contributed by atoms with Crippen LogP contribution in [0.1, 0.15) is 182 Å². The Kier molecular flexibility index (Phi) is 30.7. The van der Waals surface area contributed by atoms with Gasteiger partial charge in [0, 0.05) is 0 Å². The molecule has 0 spiro atoms. The maximum absolute atomic E-state index is 7.61. The Morgan fingerprint density at radius 2 is 0.590 bits per heavy atom. The van der Waals surface area contributed by atoms with Crippen molar-refractivity contribution in [1.82, 2.24) is 0 Å². The van der Waals surface area contributed by atoms with Crippen LogP contribution in [0.2, 0.25) is 17.7 Å².